The van der Waals surface area contributed by atoms with E-state index in [0.29, 0.717) is 19.6 Å². The number of nitrogens with zero attached hydrogens (tertiary/aromatic N) is 3. The van der Waals surface area contributed by atoms with E-state index in [0.717, 1.165) is 38.7 Å². The van der Waals surface area contributed by atoms with Crippen molar-refractivity contribution in [2.45, 2.75) is 47.6 Å². The van der Waals surface area contributed by atoms with E-state index >= 15 is 0 Å². The van der Waals surface area contributed by atoms with Gasteiger partial charge in [-0.2, -0.15) is 0 Å². The first-order valence-corrected chi connectivity index (χ1v) is 9.96. The van der Waals surface area contributed by atoms with Crippen LogP contribution in [0.25, 0.3) is 0 Å². The number of nitrogens with one attached hydrogen (secondary N) is 3. The molecule has 0 spiro atoms. The Balaban J connectivity index is 2.45. The maximum absolute atomic E-state index is 11.9. The molecule has 0 aromatic rings. The fourth-order valence-electron chi connectivity index (χ4n) is 2.71. The molecule has 8 heteroatoms. The summed E-state index contributed by atoms with van der Waals surface area (Å²) in [4.78, 5) is 32.8. The smallest absolute Gasteiger partial charge is 0.234 e. The molecular formula is C19H38N6O2. The van der Waals surface area contributed by atoms with E-state index < -0.39 is 0 Å². The number of amides is 2. The van der Waals surface area contributed by atoms with Crippen LogP contribution in [0, 0.1) is 5.41 Å². The molecule has 0 bridgehead atoms. The van der Waals surface area contributed by atoms with Gasteiger partial charge in [0.1, 0.15) is 0 Å². The van der Waals surface area contributed by atoms with Gasteiger partial charge < -0.3 is 20.9 Å². The lowest BCUT2D eigenvalue weighted by atomic mass is 9.96. The van der Waals surface area contributed by atoms with Gasteiger partial charge in [-0.3, -0.25) is 19.5 Å². The van der Waals surface area contributed by atoms with E-state index in [-0.39, 0.29) is 23.3 Å². The average Bonchev–Trinajstić information content (AvgIpc) is 2.56. The summed E-state index contributed by atoms with van der Waals surface area (Å²) in [5.74, 6) is 0.985. The molecule has 3 N–H and O–H groups in total. The highest BCUT2D eigenvalue weighted by Gasteiger charge is 2.22. The molecule has 0 aliphatic carbocycles. The molecule has 0 unspecified atom stereocenters. The van der Waals surface area contributed by atoms with Crippen molar-refractivity contribution in [3.05, 3.63) is 0 Å². The van der Waals surface area contributed by atoms with Crippen LogP contribution in [-0.4, -0.2) is 86.0 Å². The van der Waals surface area contributed by atoms with Crippen molar-refractivity contribution in [2.24, 2.45) is 10.4 Å². The topological polar surface area (TPSA) is 89.1 Å². The highest BCUT2D eigenvalue weighted by atomic mass is 16.2. The minimum atomic E-state index is -0.383. The Morgan fingerprint density at radius 3 is 2.22 bits per heavy atom. The predicted octanol–water partition coefficient (Wildman–Crippen LogP) is 0.256. The first kappa shape index (κ1) is 23.2. The van der Waals surface area contributed by atoms with Gasteiger partial charge in [-0.1, -0.05) is 20.8 Å². The normalized spacial score (nSPS) is 16.4. The molecule has 8 nitrogen and oxygen atoms in total. The van der Waals surface area contributed by atoms with Gasteiger partial charge in [-0.25, -0.2) is 0 Å². The zero-order valence-electron chi connectivity index (χ0n) is 17.9. The number of hydrogen-bond acceptors (Lipinski definition) is 4. The van der Waals surface area contributed by atoms with Crippen LogP contribution in [0.4, 0.5) is 0 Å². The lowest BCUT2D eigenvalue weighted by Crippen LogP contribution is -2.54. The van der Waals surface area contributed by atoms with Gasteiger partial charge in [0.25, 0.3) is 0 Å². The summed E-state index contributed by atoms with van der Waals surface area (Å²) in [5.41, 5.74) is -0.383. The third-order valence-electron chi connectivity index (χ3n) is 4.16. The van der Waals surface area contributed by atoms with Crippen molar-refractivity contribution in [3.8, 4) is 0 Å². The minimum Gasteiger partial charge on any atom is -0.357 e. The molecule has 0 aromatic carbocycles. The van der Waals surface area contributed by atoms with Gasteiger partial charge in [-0.15, -0.1) is 0 Å². The van der Waals surface area contributed by atoms with Crippen LogP contribution in [0.2, 0.25) is 0 Å². The Bertz CT molecular complexity index is 505. The highest BCUT2D eigenvalue weighted by molar-refractivity contribution is 5.82. The molecule has 1 aliphatic heterocycles. The first-order chi connectivity index (χ1) is 12.6. The third-order valence-corrected chi connectivity index (χ3v) is 4.16. The molecule has 1 saturated heterocycles. The average molecular weight is 383 g/mol. The second-order valence-electron chi connectivity index (χ2n) is 8.23. The van der Waals surface area contributed by atoms with Gasteiger partial charge in [0, 0.05) is 50.7 Å². The van der Waals surface area contributed by atoms with Gasteiger partial charge >= 0.3 is 0 Å². The Kier molecular flexibility index (Phi) is 9.55. The van der Waals surface area contributed by atoms with E-state index in [2.05, 4.69) is 30.7 Å². The number of hydrogen-bond donors (Lipinski definition) is 3. The van der Waals surface area contributed by atoms with Gasteiger partial charge in [0.15, 0.2) is 5.96 Å². The van der Waals surface area contributed by atoms with Crippen LogP contribution in [0.1, 0.15) is 41.5 Å². The van der Waals surface area contributed by atoms with Crippen LogP contribution in [0.5, 0.6) is 0 Å². The lowest BCUT2D eigenvalue weighted by molar-refractivity contribution is -0.128. The summed E-state index contributed by atoms with van der Waals surface area (Å²) in [5, 5.41) is 9.17. The predicted molar refractivity (Wildman–Crippen MR) is 110 cm³/mol. The quantitative estimate of drug-likeness (QED) is 0.334. The van der Waals surface area contributed by atoms with Crippen LogP contribution in [0.15, 0.2) is 4.99 Å². The number of rotatable bonds is 7. The SMILES string of the molecule is CCNC(=NCCNC(=O)C(C)(C)C)N1CCN(CC(=O)NC(C)C)CC1. The number of carbonyl (C=O) groups excluding carboxylic acids is 2. The Hall–Kier alpha value is -1.83. The molecule has 0 saturated carbocycles. The molecule has 0 radical (unpaired) electrons. The summed E-state index contributed by atoms with van der Waals surface area (Å²) in [6.07, 6.45) is 0. The second kappa shape index (κ2) is 11.1. The molecule has 0 aromatic heterocycles. The second-order valence-corrected chi connectivity index (χ2v) is 8.23. The molecular weight excluding hydrogens is 344 g/mol. The maximum atomic E-state index is 11.9. The van der Waals surface area contributed by atoms with Crippen molar-refractivity contribution in [1.82, 2.24) is 25.8 Å². The van der Waals surface area contributed by atoms with Crippen molar-refractivity contribution in [3.63, 3.8) is 0 Å². The van der Waals surface area contributed by atoms with Crippen LogP contribution in [0.3, 0.4) is 0 Å². The summed E-state index contributed by atoms with van der Waals surface area (Å²) in [6.45, 7) is 17.3. The summed E-state index contributed by atoms with van der Waals surface area (Å²) in [6, 6.07) is 0.171. The van der Waals surface area contributed by atoms with Crippen molar-refractivity contribution in [1.29, 1.82) is 0 Å². The molecule has 2 amide bonds. The molecule has 1 fully saturated rings. The fraction of sp³-hybridized carbons (Fsp3) is 0.842. The van der Waals surface area contributed by atoms with E-state index in [1.54, 1.807) is 0 Å². The summed E-state index contributed by atoms with van der Waals surface area (Å²) < 4.78 is 0. The minimum absolute atomic E-state index is 0.0380. The van der Waals surface area contributed by atoms with Gasteiger partial charge in [-0.05, 0) is 20.8 Å². The van der Waals surface area contributed by atoms with Crippen molar-refractivity contribution < 1.29 is 9.59 Å². The molecule has 1 rings (SSSR count). The Labute approximate surface area is 164 Å². The van der Waals surface area contributed by atoms with E-state index in [1.807, 2.05) is 41.5 Å². The molecule has 27 heavy (non-hydrogen) atoms. The largest absolute Gasteiger partial charge is 0.357 e. The number of aliphatic imine (C=N–C) groups is 1. The lowest BCUT2D eigenvalue weighted by Gasteiger charge is -2.36. The third kappa shape index (κ3) is 9.08. The first-order valence-electron chi connectivity index (χ1n) is 9.96. The molecule has 0 atom stereocenters. The van der Waals surface area contributed by atoms with Gasteiger partial charge in [0.05, 0.1) is 13.1 Å². The highest BCUT2D eigenvalue weighted by Crippen LogP contribution is 2.11. The van der Waals surface area contributed by atoms with Crippen molar-refractivity contribution >= 4 is 17.8 Å². The Morgan fingerprint density at radius 2 is 1.70 bits per heavy atom. The molecule has 1 heterocycles. The summed E-state index contributed by atoms with van der Waals surface area (Å²) in [7, 11) is 0. The molecule has 1 aliphatic rings. The fourth-order valence-corrected chi connectivity index (χ4v) is 2.71. The van der Waals surface area contributed by atoms with E-state index in [4.69, 9.17) is 0 Å². The van der Waals surface area contributed by atoms with Gasteiger partial charge in [0.2, 0.25) is 11.8 Å². The van der Waals surface area contributed by atoms with E-state index in [1.165, 1.54) is 0 Å². The van der Waals surface area contributed by atoms with Crippen molar-refractivity contribution in [2.75, 3.05) is 52.4 Å². The molecule has 156 valence electrons. The Morgan fingerprint density at radius 1 is 1.07 bits per heavy atom. The maximum Gasteiger partial charge on any atom is 0.234 e. The number of guanidine groups is 1. The zero-order chi connectivity index (χ0) is 20.4. The summed E-state index contributed by atoms with van der Waals surface area (Å²) >= 11 is 0. The standard InChI is InChI=1S/C19H38N6O2/c1-7-20-18(22-9-8-21-17(27)19(4,5)6)25-12-10-24(11-13-25)14-16(26)23-15(2)3/h15H,7-14H2,1-6H3,(H,20,22)(H,21,27)(H,23,26). The monoisotopic (exact) mass is 382 g/mol. The van der Waals surface area contributed by atoms with E-state index in [9.17, 15) is 9.59 Å². The number of carbonyl (C=O) groups is 2. The zero-order valence-corrected chi connectivity index (χ0v) is 17.9. The van der Waals surface area contributed by atoms with Crippen LogP contribution in [-0.2, 0) is 9.59 Å². The van der Waals surface area contributed by atoms with Crippen LogP contribution < -0.4 is 16.0 Å². The van der Waals surface area contributed by atoms with Crippen LogP contribution >= 0.6 is 0 Å². The number of piperazine rings is 1.